The van der Waals surface area contributed by atoms with Gasteiger partial charge >= 0.3 is 0 Å². The summed E-state index contributed by atoms with van der Waals surface area (Å²) in [5.74, 6) is -1.00. The molecular formula is C17H24F2O3. The molecule has 0 bridgehead atoms. The summed E-state index contributed by atoms with van der Waals surface area (Å²) >= 11 is 0. The highest BCUT2D eigenvalue weighted by molar-refractivity contribution is 5.25. The van der Waals surface area contributed by atoms with Gasteiger partial charge in [-0.3, -0.25) is 0 Å². The van der Waals surface area contributed by atoms with Crippen molar-refractivity contribution in [2.75, 3.05) is 26.4 Å². The summed E-state index contributed by atoms with van der Waals surface area (Å²) in [6, 6.07) is 2.69. The number of benzene rings is 1. The van der Waals surface area contributed by atoms with Crippen molar-refractivity contribution in [3.05, 3.63) is 34.9 Å². The molecule has 22 heavy (non-hydrogen) atoms. The number of aryl methyl sites for hydroxylation is 1. The summed E-state index contributed by atoms with van der Waals surface area (Å²) in [6.07, 6.45) is 4.12. The first-order chi connectivity index (χ1) is 10.7. The molecule has 0 amide bonds. The Morgan fingerprint density at radius 3 is 2.59 bits per heavy atom. The van der Waals surface area contributed by atoms with Crippen LogP contribution < -0.4 is 0 Å². The van der Waals surface area contributed by atoms with Gasteiger partial charge in [0.15, 0.2) is 6.29 Å². The molecular weight excluding hydrogens is 290 g/mol. The van der Waals surface area contributed by atoms with Gasteiger partial charge in [0.2, 0.25) is 0 Å². The second-order valence-corrected chi connectivity index (χ2v) is 5.59. The zero-order chi connectivity index (χ0) is 15.8. The molecule has 0 spiro atoms. The fourth-order valence-corrected chi connectivity index (χ4v) is 2.46. The lowest BCUT2D eigenvalue weighted by Gasteiger charge is -2.22. The number of rotatable bonds is 8. The number of hydrogen-bond donors (Lipinski definition) is 0. The summed E-state index contributed by atoms with van der Waals surface area (Å²) in [7, 11) is 0. The second-order valence-electron chi connectivity index (χ2n) is 5.59. The third kappa shape index (κ3) is 5.63. The average Bonchev–Trinajstić information content (AvgIpc) is 2.49. The van der Waals surface area contributed by atoms with Gasteiger partial charge in [-0.2, -0.15) is 0 Å². The van der Waals surface area contributed by atoms with E-state index in [0.29, 0.717) is 25.4 Å². The summed E-state index contributed by atoms with van der Waals surface area (Å²) in [6.45, 7) is 3.84. The van der Waals surface area contributed by atoms with E-state index in [9.17, 15) is 8.78 Å². The maximum Gasteiger partial charge on any atom is 0.157 e. The Bertz CT molecular complexity index is 436. The zero-order valence-electron chi connectivity index (χ0n) is 13.1. The van der Waals surface area contributed by atoms with Crippen LogP contribution >= 0.6 is 0 Å². The summed E-state index contributed by atoms with van der Waals surface area (Å²) in [5.41, 5.74) is 0.680. The normalized spacial score (nSPS) is 18.6. The first-order valence-electron chi connectivity index (χ1n) is 7.92. The highest BCUT2D eigenvalue weighted by Crippen LogP contribution is 2.16. The SMILES string of the molecule is Cc1cc(F)c(CCOCCCOC2CCCCO2)c(F)c1. The number of hydrogen-bond acceptors (Lipinski definition) is 3. The van der Waals surface area contributed by atoms with E-state index in [0.717, 1.165) is 32.3 Å². The Hall–Kier alpha value is -1.04. The Balaban J connectivity index is 1.56. The number of ether oxygens (including phenoxy) is 3. The van der Waals surface area contributed by atoms with Crippen molar-refractivity contribution in [2.45, 2.75) is 45.3 Å². The maximum absolute atomic E-state index is 13.6. The fourth-order valence-electron chi connectivity index (χ4n) is 2.46. The minimum Gasteiger partial charge on any atom is -0.381 e. The van der Waals surface area contributed by atoms with Crippen LogP contribution in [0.5, 0.6) is 0 Å². The lowest BCUT2D eigenvalue weighted by atomic mass is 10.1. The Morgan fingerprint density at radius 1 is 1.14 bits per heavy atom. The Labute approximate surface area is 130 Å². The van der Waals surface area contributed by atoms with Crippen LogP contribution in [0.3, 0.4) is 0 Å². The van der Waals surface area contributed by atoms with Crippen LogP contribution in [-0.2, 0) is 20.6 Å². The molecule has 3 nitrogen and oxygen atoms in total. The minimum atomic E-state index is -0.501. The monoisotopic (exact) mass is 314 g/mol. The van der Waals surface area contributed by atoms with Gasteiger partial charge in [0, 0.05) is 25.2 Å². The predicted octanol–water partition coefficient (Wildman–Crippen LogP) is 3.77. The van der Waals surface area contributed by atoms with Crippen molar-refractivity contribution in [3.63, 3.8) is 0 Å². The van der Waals surface area contributed by atoms with Gasteiger partial charge in [-0.15, -0.1) is 0 Å². The highest BCUT2D eigenvalue weighted by atomic mass is 19.1. The van der Waals surface area contributed by atoms with Gasteiger partial charge in [-0.25, -0.2) is 8.78 Å². The third-order valence-corrected chi connectivity index (χ3v) is 3.66. The molecule has 0 aliphatic carbocycles. The molecule has 1 saturated heterocycles. The van der Waals surface area contributed by atoms with Crippen LogP contribution in [0.2, 0.25) is 0 Å². The first kappa shape index (κ1) is 17.3. The fraction of sp³-hybridized carbons (Fsp3) is 0.647. The molecule has 1 aliphatic heterocycles. The zero-order valence-corrected chi connectivity index (χ0v) is 13.1. The molecule has 1 fully saturated rings. The minimum absolute atomic E-state index is 0.0792. The molecule has 5 heteroatoms. The quantitative estimate of drug-likeness (QED) is 0.684. The summed E-state index contributed by atoms with van der Waals surface area (Å²) in [5, 5.41) is 0. The van der Waals surface area contributed by atoms with Crippen molar-refractivity contribution in [1.82, 2.24) is 0 Å². The molecule has 1 aliphatic rings. The van der Waals surface area contributed by atoms with Crippen LogP contribution in [0.4, 0.5) is 8.78 Å². The Morgan fingerprint density at radius 2 is 1.91 bits per heavy atom. The topological polar surface area (TPSA) is 27.7 Å². The standard InChI is InChI=1S/C17H24F2O3/c1-13-11-15(18)14(16(19)12-13)6-10-20-7-4-9-22-17-5-2-3-8-21-17/h11-12,17H,2-10H2,1H3. The van der Waals surface area contributed by atoms with E-state index >= 15 is 0 Å². The van der Waals surface area contributed by atoms with Gasteiger partial charge < -0.3 is 14.2 Å². The predicted molar refractivity (Wildman–Crippen MR) is 79.8 cm³/mol. The lowest BCUT2D eigenvalue weighted by molar-refractivity contribution is -0.164. The van der Waals surface area contributed by atoms with Gasteiger partial charge in [-0.05, 0) is 50.3 Å². The van der Waals surface area contributed by atoms with E-state index in [4.69, 9.17) is 14.2 Å². The molecule has 0 N–H and O–H groups in total. The van der Waals surface area contributed by atoms with Crippen molar-refractivity contribution in [2.24, 2.45) is 0 Å². The van der Waals surface area contributed by atoms with Crippen molar-refractivity contribution >= 4 is 0 Å². The first-order valence-corrected chi connectivity index (χ1v) is 7.92. The molecule has 2 rings (SSSR count). The van der Waals surface area contributed by atoms with Crippen molar-refractivity contribution < 1.29 is 23.0 Å². The molecule has 0 radical (unpaired) electrons. The van der Waals surface area contributed by atoms with E-state index in [-0.39, 0.29) is 18.3 Å². The van der Waals surface area contributed by atoms with E-state index in [2.05, 4.69) is 0 Å². The summed E-state index contributed by atoms with van der Waals surface area (Å²) < 4.78 is 43.7. The second kappa shape index (κ2) is 9.18. The molecule has 1 unspecified atom stereocenters. The van der Waals surface area contributed by atoms with Crippen LogP contribution in [0.1, 0.15) is 36.8 Å². The van der Waals surface area contributed by atoms with Crippen LogP contribution in [-0.4, -0.2) is 32.7 Å². The molecule has 0 saturated carbocycles. The van der Waals surface area contributed by atoms with Crippen molar-refractivity contribution in [1.29, 1.82) is 0 Å². The smallest absolute Gasteiger partial charge is 0.157 e. The third-order valence-electron chi connectivity index (χ3n) is 3.66. The molecule has 1 aromatic rings. The van der Waals surface area contributed by atoms with Gasteiger partial charge in [0.1, 0.15) is 11.6 Å². The van der Waals surface area contributed by atoms with Crippen molar-refractivity contribution in [3.8, 4) is 0 Å². The van der Waals surface area contributed by atoms with E-state index in [1.54, 1.807) is 6.92 Å². The highest BCUT2D eigenvalue weighted by Gasteiger charge is 2.13. The van der Waals surface area contributed by atoms with Crippen LogP contribution in [0.15, 0.2) is 12.1 Å². The van der Waals surface area contributed by atoms with Crippen LogP contribution in [0, 0.1) is 18.6 Å². The number of halogens is 2. The molecule has 1 heterocycles. The van der Waals surface area contributed by atoms with Gasteiger partial charge in [0.25, 0.3) is 0 Å². The van der Waals surface area contributed by atoms with Gasteiger partial charge in [0.05, 0.1) is 13.2 Å². The molecule has 1 aromatic carbocycles. The molecule has 124 valence electrons. The summed E-state index contributed by atoms with van der Waals surface area (Å²) in [4.78, 5) is 0. The Kier molecular flexibility index (Phi) is 7.22. The maximum atomic E-state index is 13.6. The molecule has 1 atom stereocenters. The van der Waals surface area contributed by atoms with E-state index in [1.807, 2.05) is 0 Å². The molecule has 0 aromatic heterocycles. The van der Waals surface area contributed by atoms with E-state index in [1.165, 1.54) is 12.1 Å². The average molecular weight is 314 g/mol. The largest absolute Gasteiger partial charge is 0.381 e. The van der Waals surface area contributed by atoms with E-state index < -0.39 is 11.6 Å². The lowest BCUT2D eigenvalue weighted by Crippen LogP contribution is -2.23. The van der Waals surface area contributed by atoms with Gasteiger partial charge in [-0.1, -0.05) is 0 Å². The van der Waals surface area contributed by atoms with Crippen LogP contribution in [0.25, 0.3) is 0 Å².